The lowest BCUT2D eigenvalue weighted by Gasteiger charge is -2.13. The summed E-state index contributed by atoms with van der Waals surface area (Å²) in [6.07, 6.45) is 2.79. The Hall–Kier alpha value is -3.33. The molecule has 7 nitrogen and oxygen atoms in total. The lowest BCUT2D eigenvalue weighted by Crippen LogP contribution is -2.06. The Kier molecular flexibility index (Phi) is 7.88. The van der Waals surface area contributed by atoms with Crippen molar-refractivity contribution < 1.29 is 27.7 Å². The molecule has 0 aliphatic heterocycles. The fraction of sp³-hybridized carbons (Fsp3) is 0.273. The van der Waals surface area contributed by atoms with Gasteiger partial charge in [-0.2, -0.15) is 0 Å². The number of alkyl halides is 1. The molecular weight excluding hydrogens is 444 g/mol. The lowest BCUT2D eigenvalue weighted by molar-refractivity contribution is 0.285. The van der Waals surface area contributed by atoms with E-state index in [1.165, 1.54) is 32.5 Å². The van der Waals surface area contributed by atoms with Gasteiger partial charge in [0.1, 0.15) is 19.0 Å². The summed E-state index contributed by atoms with van der Waals surface area (Å²) >= 11 is 5.68. The van der Waals surface area contributed by atoms with E-state index in [1.54, 1.807) is 25.3 Å². The highest BCUT2D eigenvalue weighted by atomic mass is 35.5. The number of nitrogens with one attached hydrogen (secondary N) is 1. The van der Waals surface area contributed by atoms with Gasteiger partial charge in [0.25, 0.3) is 0 Å². The number of hydrogen-bond donors (Lipinski definition) is 1. The van der Waals surface area contributed by atoms with Crippen molar-refractivity contribution in [2.75, 3.05) is 32.0 Å². The molecule has 0 saturated carbocycles. The molecule has 1 heterocycles. The molecule has 1 aromatic heterocycles. The van der Waals surface area contributed by atoms with E-state index in [0.29, 0.717) is 35.6 Å². The normalized spacial score (nSPS) is 10.6. The molecule has 0 aliphatic carbocycles. The zero-order valence-electron chi connectivity index (χ0n) is 17.7. The molecule has 0 aliphatic rings. The van der Waals surface area contributed by atoms with Crippen molar-refractivity contribution in [3.63, 3.8) is 0 Å². The molecule has 0 amide bonds. The summed E-state index contributed by atoms with van der Waals surface area (Å²) in [4.78, 5) is 8.33. The minimum absolute atomic E-state index is 0.0489. The summed E-state index contributed by atoms with van der Waals surface area (Å²) in [5, 5.41) is 3.03. The largest absolute Gasteiger partial charge is 0.494 e. The molecule has 170 valence electrons. The Labute approximate surface area is 189 Å². The maximum Gasteiger partial charge on any atom is 0.227 e. The second-order valence-corrected chi connectivity index (χ2v) is 6.94. The van der Waals surface area contributed by atoms with Crippen molar-refractivity contribution in [1.29, 1.82) is 0 Å². The van der Waals surface area contributed by atoms with Crippen molar-refractivity contribution in [1.82, 2.24) is 9.97 Å². The van der Waals surface area contributed by atoms with Crippen LogP contribution in [0.2, 0.25) is 0 Å². The molecule has 0 fully saturated rings. The van der Waals surface area contributed by atoms with Gasteiger partial charge in [0, 0.05) is 11.8 Å². The highest BCUT2D eigenvalue weighted by molar-refractivity contribution is 6.18. The minimum atomic E-state index is -0.804. The molecule has 1 N–H and O–H groups in total. The van der Waals surface area contributed by atoms with E-state index in [2.05, 4.69) is 15.3 Å². The Morgan fingerprint density at radius 2 is 1.66 bits per heavy atom. The van der Waals surface area contributed by atoms with Gasteiger partial charge in [-0.15, -0.1) is 11.6 Å². The van der Waals surface area contributed by atoms with Gasteiger partial charge < -0.3 is 24.3 Å². The number of ether oxygens (including phenoxy) is 4. The van der Waals surface area contributed by atoms with Crippen LogP contribution in [0, 0.1) is 18.6 Å². The van der Waals surface area contributed by atoms with E-state index in [1.807, 2.05) is 0 Å². The zero-order valence-corrected chi connectivity index (χ0v) is 18.5. The maximum atomic E-state index is 14.4. The van der Waals surface area contributed by atoms with E-state index in [9.17, 15) is 8.78 Å². The molecule has 3 aromatic rings. The van der Waals surface area contributed by atoms with Crippen LogP contribution in [0.5, 0.6) is 23.0 Å². The summed E-state index contributed by atoms with van der Waals surface area (Å²) in [7, 11) is 2.86. The summed E-state index contributed by atoms with van der Waals surface area (Å²) in [5.74, 6) is 0.432. The predicted molar refractivity (Wildman–Crippen MR) is 117 cm³/mol. The Bertz CT molecular complexity index is 1070. The van der Waals surface area contributed by atoms with Crippen LogP contribution in [0.4, 0.5) is 20.4 Å². The van der Waals surface area contributed by atoms with Crippen LogP contribution in [-0.2, 0) is 6.61 Å². The first-order valence-electron chi connectivity index (χ1n) is 9.57. The molecule has 0 saturated heterocycles. The van der Waals surface area contributed by atoms with Crippen molar-refractivity contribution in [2.24, 2.45) is 0 Å². The third-order valence-electron chi connectivity index (χ3n) is 4.43. The van der Waals surface area contributed by atoms with Crippen LogP contribution in [-0.4, -0.2) is 36.7 Å². The standard InChI is InChI=1S/C22H22ClF2N3O4/c1-13-8-19(30-3)21(25)16(20(13)24)12-32-15-10-26-22(27-11-15)28-14-4-5-17(29-2)18(9-14)31-7-6-23/h4-5,8-11H,6-7,12H2,1-3H3,(H,26,27,28). The molecule has 0 spiro atoms. The van der Waals surface area contributed by atoms with Crippen LogP contribution in [0.1, 0.15) is 11.1 Å². The van der Waals surface area contributed by atoms with Gasteiger partial charge in [-0.05, 0) is 30.7 Å². The Morgan fingerprint density at radius 3 is 2.31 bits per heavy atom. The molecule has 0 bridgehead atoms. The van der Waals surface area contributed by atoms with E-state index in [0.717, 1.165) is 0 Å². The Morgan fingerprint density at radius 1 is 0.938 bits per heavy atom. The average molecular weight is 466 g/mol. The second kappa shape index (κ2) is 10.8. The summed E-state index contributed by atoms with van der Waals surface area (Å²) in [6.45, 7) is 1.51. The zero-order chi connectivity index (χ0) is 23.1. The van der Waals surface area contributed by atoms with Gasteiger partial charge in [-0.1, -0.05) is 0 Å². The molecule has 10 heteroatoms. The van der Waals surface area contributed by atoms with Crippen LogP contribution in [0.15, 0.2) is 36.7 Å². The monoisotopic (exact) mass is 465 g/mol. The van der Waals surface area contributed by atoms with E-state index < -0.39 is 11.6 Å². The van der Waals surface area contributed by atoms with Crippen molar-refractivity contribution >= 4 is 23.2 Å². The number of nitrogens with zero attached hydrogens (tertiary/aromatic N) is 2. The van der Waals surface area contributed by atoms with Gasteiger partial charge in [0.05, 0.1) is 38.1 Å². The number of aromatic nitrogens is 2. The highest BCUT2D eigenvalue weighted by Crippen LogP contribution is 2.31. The van der Waals surface area contributed by atoms with Crippen LogP contribution >= 0.6 is 11.6 Å². The fourth-order valence-corrected chi connectivity index (χ4v) is 2.91. The Balaban J connectivity index is 1.68. The third kappa shape index (κ3) is 5.47. The number of benzene rings is 2. The van der Waals surface area contributed by atoms with Gasteiger partial charge in [0.15, 0.2) is 28.8 Å². The van der Waals surface area contributed by atoms with Crippen LogP contribution in [0.3, 0.4) is 0 Å². The SMILES string of the molecule is COc1ccc(Nc2ncc(OCc3c(F)c(C)cc(OC)c3F)cn2)cc1OCCCl. The number of methoxy groups -OCH3 is 2. The number of aryl methyl sites for hydroxylation is 1. The predicted octanol–water partition coefficient (Wildman–Crippen LogP) is 5.02. The number of rotatable bonds is 10. The molecule has 32 heavy (non-hydrogen) atoms. The topological polar surface area (TPSA) is 74.7 Å². The van der Waals surface area contributed by atoms with E-state index in [-0.39, 0.29) is 29.2 Å². The van der Waals surface area contributed by atoms with E-state index >= 15 is 0 Å². The van der Waals surface area contributed by atoms with Gasteiger partial charge in [-0.3, -0.25) is 0 Å². The van der Waals surface area contributed by atoms with Gasteiger partial charge in [-0.25, -0.2) is 18.7 Å². The second-order valence-electron chi connectivity index (χ2n) is 6.56. The van der Waals surface area contributed by atoms with Crippen molar-refractivity contribution in [3.05, 3.63) is 59.4 Å². The molecule has 0 radical (unpaired) electrons. The van der Waals surface area contributed by atoms with Crippen LogP contribution in [0.25, 0.3) is 0 Å². The maximum absolute atomic E-state index is 14.4. The van der Waals surface area contributed by atoms with Gasteiger partial charge in [0.2, 0.25) is 5.95 Å². The average Bonchev–Trinajstić information content (AvgIpc) is 2.81. The first kappa shape index (κ1) is 23.3. The summed E-state index contributed by atoms with van der Waals surface area (Å²) < 4.78 is 49.9. The molecule has 0 atom stereocenters. The van der Waals surface area contributed by atoms with E-state index in [4.69, 9.17) is 30.5 Å². The third-order valence-corrected chi connectivity index (χ3v) is 4.58. The van der Waals surface area contributed by atoms with Crippen molar-refractivity contribution in [3.8, 4) is 23.0 Å². The smallest absolute Gasteiger partial charge is 0.227 e. The summed E-state index contributed by atoms with van der Waals surface area (Å²) in [5.41, 5.74) is 0.693. The molecular formula is C22H22ClF2N3O4. The highest BCUT2D eigenvalue weighted by Gasteiger charge is 2.18. The fourth-order valence-electron chi connectivity index (χ4n) is 2.84. The molecule has 2 aromatic carbocycles. The number of halogens is 3. The number of anilines is 2. The first-order chi connectivity index (χ1) is 15.5. The minimum Gasteiger partial charge on any atom is -0.494 e. The van der Waals surface area contributed by atoms with Crippen molar-refractivity contribution in [2.45, 2.75) is 13.5 Å². The van der Waals surface area contributed by atoms with Crippen LogP contribution < -0.4 is 24.3 Å². The molecule has 0 unspecified atom stereocenters. The lowest BCUT2D eigenvalue weighted by atomic mass is 10.1. The quantitative estimate of drug-likeness (QED) is 0.421. The van der Waals surface area contributed by atoms with Gasteiger partial charge >= 0.3 is 0 Å². The molecule has 3 rings (SSSR count). The summed E-state index contributed by atoms with van der Waals surface area (Å²) in [6, 6.07) is 6.54. The first-order valence-corrected chi connectivity index (χ1v) is 10.1. The number of hydrogen-bond acceptors (Lipinski definition) is 7.